The molecule has 9 heteroatoms. The van der Waals surface area contributed by atoms with Crippen LogP contribution in [0, 0.1) is 16.7 Å². The maximum absolute atomic E-state index is 12.7. The second-order valence-electron chi connectivity index (χ2n) is 4.54. The van der Waals surface area contributed by atoms with Crippen molar-refractivity contribution in [3.8, 4) is 11.8 Å². The number of nitrogens with one attached hydrogen (secondary N) is 2. The summed E-state index contributed by atoms with van der Waals surface area (Å²) in [5.41, 5.74) is 0.237. The first kappa shape index (κ1) is 17.4. The largest absolute Gasteiger partial charge is 0.430 e. The Morgan fingerprint density at radius 3 is 2.58 bits per heavy atom. The summed E-state index contributed by atoms with van der Waals surface area (Å²) in [6, 6.07) is 8.60. The average Bonchev–Trinajstić information content (AvgIpc) is 2.54. The molecule has 0 aliphatic heterocycles. The highest BCUT2D eigenvalue weighted by molar-refractivity contribution is 7.17. The van der Waals surface area contributed by atoms with Crippen LogP contribution in [0.4, 0.5) is 20.3 Å². The molecule has 6 nitrogen and oxygen atoms in total. The molecule has 1 aromatic carbocycles. The number of carbonyl (C=O) groups is 1. The number of nitriles is 1. The van der Waals surface area contributed by atoms with Crippen LogP contribution in [0.25, 0.3) is 0 Å². The molecule has 0 amide bonds. The van der Waals surface area contributed by atoms with Crippen LogP contribution in [0.3, 0.4) is 0 Å². The number of rotatable bonds is 6. The molecule has 0 aliphatic carbocycles. The van der Waals surface area contributed by atoms with Gasteiger partial charge in [-0.3, -0.25) is 10.2 Å². The molecule has 122 valence electrons. The first-order valence-corrected chi connectivity index (χ1v) is 7.08. The summed E-state index contributed by atoms with van der Waals surface area (Å²) in [5, 5.41) is 19.4. The summed E-state index contributed by atoms with van der Waals surface area (Å²) in [4.78, 5) is 15.1. The molecule has 1 heterocycles. The lowest BCUT2D eigenvalue weighted by atomic mass is 10.1. The van der Waals surface area contributed by atoms with Gasteiger partial charge >= 0.3 is 5.85 Å². The number of hydrogen-bond acceptors (Lipinski definition) is 6. The van der Waals surface area contributed by atoms with Crippen molar-refractivity contribution < 1.29 is 18.3 Å². The summed E-state index contributed by atoms with van der Waals surface area (Å²) < 4.78 is 29.9. The van der Waals surface area contributed by atoms with Crippen LogP contribution in [0.5, 0.6) is 5.75 Å². The minimum atomic E-state index is -3.37. The number of anilines is 2. The van der Waals surface area contributed by atoms with Gasteiger partial charge in [0.2, 0.25) is 0 Å². The zero-order chi connectivity index (χ0) is 17.7. The van der Waals surface area contributed by atoms with Crippen LogP contribution >= 0.6 is 9.24 Å². The van der Waals surface area contributed by atoms with Gasteiger partial charge in [0.25, 0.3) is 0 Å². The van der Waals surface area contributed by atoms with E-state index in [0.717, 1.165) is 0 Å². The van der Waals surface area contributed by atoms with Gasteiger partial charge in [0.1, 0.15) is 23.3 Å². The number of hydrogen-bond donors (Lipinski definition) is 2. The normalized spacial score (nSPS) is 10.6. The number of aromatic nitrogens is 1. The van der Waals surface area contributed by atoms with Crippen LogP contribution in [0.1, 0.15) is 15.9 Å². The van der Waals surface area contributed by atoms with Crippen molar-refractivity contribution >= 4 is 32.7 Å². The number of alkyl halides is 2. The van der Waals surface area contributed by atoms with E-state index in [4.69, 9.17) is 10.7 Å². The van der Waals surface area contributed by atoms with E-state index >= 15 is 0 Å². The molecular weight excluding hydrogens is 337 g/mol. The summed E-state index contributed by atoms with van der Waals surface area (Å²) in [6.07, 6.45) is 1.87. The van der Waals surface area contributed by atoms with Crippen molar-refractivity contribution in [1.82, 2.24) is 4.98 Å². The molecule has 1 atom stereocenters. The number of ether oxygens (including phenoxy) is 1. The number of halogens is 2. The van der Waals surface area contributed by atoms with Crippen molar-refractivity contribution in [2.45, 2.75) is 5.85 Å². The standard InChI is InChI=1S/C15H11F2N4O2P/c16-15(17,24)23-11-3-1-10(2-4-11)21-14-13(12(19)7-18)9(8-22)5-6-20-14/h1-6,8,19H,24H2,(H,20,21). The first-order valence-electron chi connectivity index (χ1n) is 6.50. The Kier molecular flexibility index (Phi) is 5.17. The summed E-state index contributed by atoms with van der Waals surface area (Å²) >= 11 is 0. The fraction of sp³-hybridized carbons (Fsp3) is 0.0667. The van der Waals surface area contributed by atoms with E-state index < -0.39 is 11.6 Å². The smallest absolute Gasteiger partial charge is 0.408 e. The van der Waals surface area contributed by atoms with Crippen molar-refractivity contribution in [1.29, 1.82) is 10.7 Å². The Morgan fingerprint density at radius 1 is 1.38 bits per heavy atom. The van der Waals surface area contributed by atoms with Crippen LogP contribution in [-0.2, 0) is 0 Å². The SMILES string of the molecule is N#CC(=N)c1c(C=O)ccnc1Nc1ccc(OC(F)(F)P)cc1. The van der Waals surface area contributed by atoms with Gasteiger partial charge in [0.05, 0.1) is 5.56 Å². The summed E-state index contributed by atoms with van der Waals surface area (Å²) in [7, 11) is 1.27. The molecule has 0 spiro atoms. The molecule has 1 unspecified atom stereocenters. The molecule has 2 rings (SSSR count). The minimum absolute atomic E-state index is 0.0415. The third-order valence-electron chi connectivity index (χ3n) is 2.84. The van der Waals surface area contributed by atoms with Crippen LogP contribution in [-0.4, -0.2) is 22.8 Å². The van der Waals surface area contributed by atoms with Gasteiger partial charge in [0, 0.05) is 17.4 Å². The quantitative estimate of drug-likeness (QED) is 0.474. The van der Waals surface area contributed by atoms with Gasteiger partial charge in [-0.1, -0.05) is 0 Å². The van der Waals surface area contributed by atoms with Crippen molar-refractivity contribution in [2.24, 2.45) is 0 Å². The molecule has 0 saturated carbocycles. The lowest BCUT2D eigenvalue weighted by Crippen LogP contribution is -2.14. The predicted octanol–water partition coefficient (Wildman–Crippen LogP) is 3.33. The molecule has 24 heavy (non-hydrogen) atoms. The van der Waals surface area contributed by atoms with E-state index in [2.05, 4.69) is 15.0 Å². The lowest BCUT2D eigenvalue weighted by Gasteiger charge is -2.14. The van der Waals surface area contributed by atoms with Gasteiger partial charge in [-0.05, 0) is 39.6 Å². The van der Waals surface area contributed by atoms with Gasteiger partial charge < -0.3 is 10.1 Å². The number of aldehydes is 1. The van der Waals surface area contributed by atoms with Crippen molar-refractivity contribution in [2.75, 3.05) is 5.32 Å². The highest BCUT2D eigenvalue weighted by Crippen LogP contribution is 2.29. The third kappa shape index (κ3) is 4.31. The van der Waals surface area contributed by atoms with Crippen LogP contribution in [0.2, 0.25) is 0 Å². The van der Waals surface area contributed by atoms with Gasteiger partial charge in [-0.2, -0.15) is 14.0 Å². The van der Waals surface area contributed by atoms with Crippen molar-refractivity contribution in [3.05, 3.63) is 47.7 Å². The molecule has 2 N–H and O–H groups in total. The average molecular weight is 348 g/mol. The first-order chi connectivity index (χ1) is 11.3. The van der Waals surface area contributed by atoms with Gasteiger partial charge in [0.15, 0.2) is 6.29 Å². The molecule has 0 saturated heterocycles. The Balaban J connectivity index is 2.30. The second kappa shape index (κ2) is 7.11. The molecule has 0 fully saturated rings. The topological polar surface area (TPSA) is 98.9 Å². The van der Waals surface area contributed by atoms with Crippen molar-refractivity contribution in [3.63, 3.8) is 0 Å². The van der Waals surface area contributed by atoms with E-state index in [1.54, 1.807) is 6.07 Å². The fourth-order valence-corrected chi connectivity index (χ4v) is 2.02. The van der Waals surface area contributed by atoms with Crippen LogP contribution in [0.15, 0.2) is 36.5 Å². The molecule has 0 aliphatic rings. The highest BCUT2D eigenvalue weighted by Gasteiger charge is 2.23. The van der Waals surface area contributed by atoms with E-state index in [1.807, 2.05) is 0 Å². The predicted molar refractivity (Wildman–Crippen MR) is 87.1 cm³/mol. The van der Waals surface area contributed by atoms with E-state index in [1.165, 1.54) is 45.8 Å². The zero-order valence-electron chi connectivity index (χ0n) is 12.1. The molecular formula is C15H11F2N4O2P. The molecule has 2 aromatic rings. The number of benzene rings is 1. The maximum Gasteiger partial charge on any atom is 0.408 e. The monoisotopic (exact) mass is 348 g/mol. The Hall–Kier alpha value is -2.91. The maximum atomic E-state index is 12.7. The highest BCUT2D eigenvalue weighted by atomic mass is 31.0. The zero-order valence-corrected chi connectivity index (χ0v) is 13.2. The fourth-order valence-electron chi connectivity index (χ4n) is 1.89. The number of nitrogens with zero attached hydrogens (tertiary/aromatic N) is 2. The molecule has 0 radical (unpaired) electrons. The van der Waals surface area contributed by atoms with Gasteiger partial charge in [-0.25, -0.2) is 4.98 Å². The third-order valence-corrected chi connectivity index (χ3v) is 2.96. The number of pyridine rings is 1. The summed E-state index contributed by atoms with van der Waals surface area (Å²) in [6.45, 7) is 0. The lowest BCUT2D eigenvalue weighted by molar-refractivity contribution is -0.0892. The molecule has 1 aromatic heterocycles. The van der Waals surface area contributed by atoms with E-state index in [-0.39, 0.29) is 22.7 Å². The Morgan fingerprint density at radius 2 is 2.04 bits per heavy atom. The number of carbonyl (C=O) groups excluding carboxylic acids is 1. The molecule has 0 bridgehead atoms. The Bertz CT molecular complexity index is 814. The van der Waals surface area contributed by atoms with E-state index in [0.29, 0.717) is 12.0 Å². The Labute approximate surface area is 138 Å². The van der Waals surface area contributed by atoms with E-state index in [9.17, 15) is 13.6 Å². The second-order valence-corrected chi connectivity index (χ2v) is 5.21. The summed E-state index contributed by atoms with van der Waals surface area (Å²) in [5.74, 6) is -3.28. The van der Waals surface area contributed by atoms with Gasteiger partial charge in [-0.15, -0.1) is 0 Å². The van der Waals surface area contributed by atoms with Crippen LogP contribution < -0.4 is 10.1 Å². The minimum Gasteiger partial charge on any atom is -0.430 e.